The zero-order valence-corrected chi connectivity index (χ0v) is 29.7. The lowest BCUT2D eigenvalue weighted by Gasteiger charge is -2.11. The lowest BCUT2D eigenvalue weighted by Crippen LogP contribution is -1.83. The molecular weight excluding hydrogens is 609 g/mol. The molecule has 0 spiro atoms. The first-order valence-electron chi connectivity index (χ1n) is 17.8. The molecule has 0 atom stereocenters. The Morgan fingerprint density at radius 1 is 0.360 bits per heavy atom. The highest BCUT2D eigenvalue weighted by Gasteiger charge is 2.10. The molecule has 9 aromatic carbocycles. The third kappa shape index (κ3) is 7.61. The Bertz CT molecular complexity index is 2180. The number of aryl methyl sites for hydroxylation is 2. The van der Waals surface area contributed by atoms with Crippen molar-refractivity contribution in [1.29, 1.82) is 0 Å². The number of hydrogen-bond acceptors (Lipinski definition) is 2. The summed E-state index contributed by atoms with van der Waals surface area (Å²) >= 11 is 0. The summed E-state index contributed by atoms with van der Waals surface area (Å²) in [5.74, 6) is 0.714. The fourth-order valence-electron chi connectivity index (χ4n) is 6.45. The van der Waals surface area contributed by atoms with Crippen LogP contribution in [-0.4, -0.2) is 10.2 Å². The van der Waals surface area contributed by atoms with Gasteiger partial charge in [0.1, 0.15) is 11.5 Å². The molecule has 0 amide bonds. The molecule has 0 heterocycles. The van der Waals surface area contributed by atoms with E-state index >= 15 is 0 Å². The Kier molecular flexibility index (Phi) is 13.0. The normalized spacial score (nSPS) is 10.4. The Labute approximate surface area is 298 Å². The lowest BCUT2D eigenvalue weighted by atomic mass is 9.94. The number of phenolic OH excluding ortho intramolecular Hbond substituents is 2. The van der Waals surface area contributed by atoms with Crippen molar-refractivity contribution in [3.8, 4) is 11.5 Å². The zero-order chi connectivity index (χ0) is 34.9. The zero-order valence-electron chi connectivity index (χ0n) is 29.7. The van der Waals surface area contributed by atoms with E-state index < -0.39 is 0 Å². The van der Waals surface area contributed by atoms with Crippen LogP contribution in [0.15, 0.2) is 133 Å². The molecule has 0 saturated carbocycles. The fourth-order valence-corrected chi connectivity index (χ4v) is 6.45. The first-order chi connectivity index (χ1) is 24.0. The molecular formula is C48H52O2. The summed E-state index contributed by atoms with van der Waals surface area (Å²) in [6, 6.07) is 45.6. The Morgan fingerprint density at radius 3 is 0.920 bits per heavy atom. The minimum Gasteiger partial charge on any atom is -0.507 e. The maximum atomic E-state index is 9.95. The maximum Gasteiger partial charge on any atom is 0.123 e. The predicted octanol–water partition coefficient (Wildman–Crippen LogP) is 14.5. The second-order valence-corrected chi connectivity index (χ2v) is 12.1. The molecule has 9 rings (SSSR count). The van der Waals surface area contributed by atoms with Gasteiger partial charge >= 0.3 is 0 Å². The molecule has 0 fully saturated rings. The van der Waals surface area contributed by atoms with Crippen molar-refractivity contribution in [1.82, 2.24) is 0 Å². The van der Waals surface area contributed by atoms with E-state index in [-0.39, 0.29) is 7.43 Å². The minimum absolute atomic E-state index is 0. The van der Waals surface area contributed by atoms with Gasteiger partial charge in [-0.1, -0.05) is 177 Å². The summed E-state index contributed by atoms with van der Waals surface area (Å²) in [6.07, 6.45) is 3.54. The van der Waals surface area contributed by atoms with Gasteiger partial charge in [-0.2, -0.15) is 0 Å². The van der Waals surface area contributed by atoms with E-state index in [2.05, 4.69) is 125 Å². The second-order valence-electron chi connectivity index (χ2n) is 12.1. The largest absolute Gasteiger partial charge is 0.507 e. The highest BCUT2D eigenvalue weighted by molar-refractivity contribution is 6.25. The Hall–Kier alpha value is -5.34. The van der Waals surface area contributed by atoms with Crippen molar-refractivity contribution in [2.75, 3.05) is 0 Å². The van der Waals surface area contributed by atoms with Gasteiger partial charge in [0.25, 0.3) is 0 Å². The van der Waals surface area contributed by atoms with Crippen molar-refractivity contribution in [2.24, 2.45) is 0 Å². The fraction of sp³-hybridized carbons (Fsp3) is 0.208. The highest BCUT2D eigenvalue weighted by Crippen LogP contribution is 2.39. The molecule has 0 aliphatic rings. The van der Waals surface area contributed by atoms with Crippen LogP contribution in [-0.2, 0) is 12.8 Å². The summed E-state index contributed by atoms with van der Waals surface area (Å²) in [5, 5.41) is 33.9. The van der Waals surface area contributed by atoms with Gasteiger partial charge in [-0.05, 0) is 79.2 Å². The van der Waals surface area contributed by atoms with E-state index in [0.29, 0.717) is 11.5 Å². The molecule has 2 nitrogen and oxygen atoms in total. The van der Waals surface area contributed by atoms with Gasteiger partial charge in [-0.3, -0.25) is 0 Å². The van der Waals surface area contributed by atoms with E-state index in [0.717, 1.165) is 23.6 Å². The van der Waals surface area contributed by atoms with Crippen molar-refractivity contribution in [3.05, 3.63) is 145 Å². The minimum atomic E-state index is 0. The Balaban J connectivity index is 0.000000162. The molecule has 0 aromatic heterocycles. The average Bonchev–Trinajstić information content (AvgIpc) is 3.16. The number of phenols is 2. The molecule has 0 aliphatic heterocycles. The molecule has 2 heteroatoms. The molecule has 50 heavy (non-hydrogen) atoms. The van der Waals surface area contributed by atoms with Crippen LogP contribution in [0, 0.1) is 0 Å². The molecule has 0 bridgehead atoms. The number of rotatable bonds is 2. The van der Waals surface area contributed by atoms with E-state index in [1.165, 1.54) is 71.4 Å². The summed E-state index contributed by atoms with van der Waals surface area (Å²) in [5.41, 5.74) is 2.86. The lowest BCUT2D eigenvalue weighted by molar-refractivity contribution is 0.481. The third-order valence-electron chi connectivity index (χ3n) is 8.85. The standard InChI is InChI=1S/2C16H10O.C10H14.C3H8.C2H6.CH4/c2*17-14-9-7-12-5-4-10-2-1-3-11-6-8-13(14)16(12)15(10)11;1-3-9-5-7-10(4-2)8-6-9;1-3-2;1-2;/h2*1-9,17H;5-8H,3-4H2,1-2H3;3H2,1-2H3;1-2H3;1H4. The average molecular weight is 661 g/mol. The molecule has 256 valence electrons. The van der Waals surface area contributed by atoms with Gasteiger partial charge in [0.05, 0.1) is 0 Å². The molecule has 2 N–H and O–H groups in total. The van der Waals surface area contributed by atoms with E-state index in [4.69, 9.17) is 0 Å². The quantitative estimate of drug-likeness (QED) is 0.181. The monoisotopic (exact) mass is 660 g/mol. The molecule has 0 unspecified atom stereocenters. The van der Waals surface area contributed by atoms with Crippen molar-refractivity contribution >= 4 is 64.6 Å². The van der Waals surface area contributed by atoms with Crippen molar-refractivity contribution in [2.45, 2.75) is 68.2 Å². The van der Waals surface area contributed by atoms with Gasteiger partial charge in [-0.25, -0.2) is 0 Å². The first-order valence-corrected chi connectivity index (χ1v) is 17.8. The van der Waals surface area contributed by atoms with Gasteiger partial charge in [-0.15, -0.1) is 0 Å². The number of hydrogen-bond donors (Lipinski definition) is 2. The van der Waals surface area contributed by atoms with Crippen LogP contribution in [0.25, 0.3) is 64.6 Å². The van der Waals surface area contributed by atoms with Crippen LogP contribution in [0.1, 0.15) is 66.5 Å². The molecule has 0 aliphatic carbocycles. The van der Waals surface area contributed by atoms with Crippen molar-refractivity contribution in [3.63, 3.8) is 0 Å². The molecule has 9 aromatic rings. The van der Waals surface area contributed by atoms with Crippen LogP contribution in [0.3, 0.4) is 0 Å². The van der Waals surface area contributed by atoms with Gasteiger partial charge in [0, 0.05) is 21.5 Å². The molecule has 0 radical (unpaired) electrons. The van der Waals surface area contributed by atoms with Crippen LogP contribution >= 0.6 is 0 Å². The highest BCUT2D eigenvalue weighted by atomic mass is 16.3. The molecule has 0 saturated heterocycles. The van der Waals surface area contributed by atoms with Crippen LogP contribution < -0.4 is 0 Å². The van der Waals surface area contributed by atoms with Gasteiger partial charge in [0.2, 0.25) is 0 Å². The van der Waals surface area contributed by atoms with Crippen molar-refractivity contribution < 1.29 is 10.2 Å². The van der Waals surface area contributed by atoms with Crippen LogP contribution in [0.5, 0.6) is 11.5 Å². The Morgan fingerprint density at radius 2 is 0.620 bits per heavy atom. The maximum absolute atomic E-state index is 9.95. The van der Waals surface area contributed by atoms with Gasteiger partial charge in [0.15, 0.2) is 0 Å². The predicted molar refractivity (Wildman–Crippen MR) is 223 cm³/mol. The summed E-state index contributed by atoms with van der Waals surface area (Å²) < 4.78 is 0. The van der Waals surface area contributed by atoms with Crippen LogP contribution in [0.4, 0.5) is 0 Å². The SMILES string of the molecule is C.CC.CCC.CCc1ccc(CC)cc1.Oc1ccc2ccc3cccc4ccc1c2c34.Oc1ccc2ccc3cccc4ccc1c2c34. The number of benzene rings is 9. The van der Waals surface area contributed by atoms with E-state index in [1.54, 1.807) is 12.1 Å². The third-order valence-corrected chi connectivity index (χ3v) is 8.85. The number of aromatic hydroxyl groups is 2. The van der Waals surface area contributed by atoms with Gasteiger partial charge < -0.3 is 10.2 Å². The summed E-state index contributed by atoms with van der Waals surface area (Å²) in [4.78, 5) is 0. The van der Waals surface area contributed by atoms with E-state index in [1.807, 2.05) is 38.1 Å². The summed E-state index contributed by atoms with van der Waals surface area (Å²) in [7, 11) is 0. The second kappa shape index (κ2) is 17.4. The van der Waals surface area contributed by atoms with E-state index in [9.17, 15) is 10.2 Å². The topological polar surface area (TPSA) is 40.5 Å². The smallest absolute Gasteiger partial charge is 0.123 e. The van der Waals surface area contributed by atoms with Crippen LogP contribution in [0.2, 0.25) is 0 Å². The summed E-state index contributed by atoms with van der Waals surface area (Å²) in [6.45, 7) is 12.6. The first kappa shape index (κ1) is 37.5.